The number of hydrogen-bond acceptors (Lipinski definition) is 4. The highest BCUT2D eigenvalue weighted by Crippen LogP contribution is 2.29. The first-order valence-electron chi connectivity index (χ1n) is 6.84. The van der Waals surface area contributed by atoms with E-state index in [2.05, 4.69) is 5.32 Å². The van der Waals surface area contributed by atoms with Gasteiger partial charge in [0, 0.05) is 7.11 Å². The first-order valence-corrected chi connectivity index (χ1v) is 7.21. The maximum Gasteiger partial charge on any atom is 0.337 e. The molecule has 0 aromatic heterocycles. The van der Waals surface area contributed by atoms with Crippen LogP contribution in [0.4, 0.5) is 5.69 Å². The third-order valence-corrected chi connectivity index (χ3v) is 3.66. The van der Waals surface area contributed by atoms with Crippen LogP contribution >= 0.6 is 11.6 Å². The molecule has 0 aliphatic heterocycles. The Morgan fingerprint density at radius 1 is 1.05 bits per heavy atom. The molecule has 22 heavy (non-hydrogen) atoms. The number of methoxy groups -OCH3 is 2. The Bertz CT molecular complexity index is 618. The zero-order valence-electron chi connectivity index (χ0n) is 12.5. The molecular weight excluding hydrogens is 302 g/mol. The number of anilines is 1. The van der Waals surface area contributed by atoms with Gasteiger partial charge in [-0.3, -0.25) is 0 Å². The van der Waals surface area contributed by atoms with Crippen molar-refractivity contribution in [3.63, 3.8) is 0 Å². The van der Waals surface area contributed by atoms with E-state index >= 15 is 0 Å². The van der Waals surface area contributed by atoms with Gasteiger partial charge in [0.1, 0.15) is 0 Å². The Hall–Kier alpha value is -2.04. The molecule has 0 unspecified atom stereocenters. The standard InChI is InChI=1S/C17H18ClNO3/c1-21-16(17(20)22-2)15(12-8-4-3-5-9-12)19-14-11-7-6-10-13(14)18/h3-11,15-16,19H,1-2H3/t15-,16-/m0/s1. The van der Waals surface area contributed by atoms with Crippen molar-refractivity contribution >= 4 is 23.3 Å². The number of nitrogens with one attached hydrogen (secondary N) is 1. The van der Waals surface area contributed by atoms with Crippen LogP contribution in [0.25, 0.3) is 0 Å². The van der Waals surface area contributed by atoms with Crippen LogP contribution in [0.15, 0.2) is 54.6 Å². The van der Waals surface area contributed by atoms with E-state index in [9.17, 15) is 4.79 Å². The van der Waals surface area contributed by atoms with Crippen LogP contribution in [-0.2, 0) is 14.3 Å². The summed E-state index contributed by atoms with van der Waals surface area (Å²) in [5.41, 5.74) is 1.63. The monoisotopic (exact) mass is 319 g/mol. The average molecular weight is 320 g/mol. The van der Waals surface area contributed by atoms with Crippen LogP contribution in [0, 0.1) is 0 Å². The minimum atomic E-state index is -0.788. The number of rotatable bonds is 6. The third kappa shape index (κ3) is 3.78. The molecule has 0 saturated carbocycles. The first kappa shape index (κ1) is 16.3. The lowest BCUT2D eigenvalue weighted by atomic mass is 10.0. The maximum atomic E-state index is 12.0. The van der Waals surface area contributed by atoms with Crippen LogP contribution in [0.5, 0.6) is 0 Å². The molecule has 0 saturated heterocycles. The van der Waals surface area contributed by atoms with E-state index in [-0.39, 0.29) is 0 Å². The largest absolute Gasteiger partial charge is 0.467 e. The molecule has 0 bridgehead atoms. The quantitative estimate of drug-likeness (QED) is 0.825. The Morgan fingerprint density at radius 3 is 2.27 bits per heavy atom. The van der Waals surface area contributed by atoms with Crippen molar-refractivity contribution in [2.45, 2.75) is 12.1 Å². The van der Waals surface area contributed by atoms with E-state index in [4.69, 9.17) is 21.1 Å². The molecule has 1 N–H and O–H groups in total. The summed E-state index contributed by atoms with van der Waals surface area (Å²) in [5, 5.41) is 3.84. The van der Waals surface area contributed by atoms with Crippen LogP contribution in [0.3, 0.4) is 0 Å². The number of esters is 1. The highest BCUT2D eigenvalue weighted by Gasteiger charge is 2.30. The SMILES string of the molecule is COC(=O)[C@@H](OC)[C@@H](Nc1ccccc1Cl)c1ccccc1. The average Bonchev–Trinajstić information content (AvgIpc) is 2.56. The van der Waals surface area contributed by atoms with Crippen molar-refractivity contribution in [3.05, 3.63) is 65.2 Å². The molecule has 4 nitrogen and oxygen atoms in total. The Balaban J connectivity index is 2.37. The molecule has 116 valence electrons. The van der Waals surface area contributed by atoms with Gasteiger partial charge < -0.3 is 14.8 Å². The molecule has 2 atom stereocenters. The summed E-state index contributed by atoms with van der Waals surface area (Å²) in [4.78, 5) is 12.0. The minimum Gasteiger partial charge on any atom is -0.467 e. The number of hydrogen-bond donors (Lipinski definition) is 1. The lowest BCUT2D eigenvalue weighted by Crippen LogP contribution is -2.35. The second-order valence-electron chi connectivity index (χ2n) is 4.69. The lowest BCUT2D eigenvalue weighted by Gasteiger charge is -2.27. The lowest BCUT2D eigenvalue weighted by molar-refractivity contribution is -0.153. The van der Waals surface area contributed by atoms with E-state index in [1.54, 1.807) is 6.07 Å². The summed E-state index contributed by atoms with van der Waals surface area (Å²) < 4.78 is 10.2. The molecule has 2 aromatic rings. The Kier molecular flexibility index (Phi) is 5.81. The molecular formula is C17H18ClNO3. The second kappa shape index (κ2) is 7.82. The van der Waals surface area contributed by atoms with E-state index in [1.165, 1.54) is 14.2 Å². The van der Waals surface area contributed by atoms with Crippen LogP contribution in [-0.4, -0.2) is 26.3 Å². The normalized spacial score (nSPS) is 13.2. The fraction of sp³-hybridized carbons (Fsp3) is 0.235. The van der Waals surface area contributed by atoms with Crippen LogP contribution in [0.1, 0.15) is 11.6 Å². The van der Waals surface area contributed by atoms with E-state index in [1.807, 2.05) is 48.5 Å². The third-order valence-electron chi connectivity index (χ3n) is 3.33. The van der Waals surface area contributed by atoms with Gasteiger partial charge in [-0.15, -0.1) is 0 Å². The van der Waals surface area contributed by atoms with Gasteiger partial charge in [-0.1, -0.05) is 54.1 Å². The van der Waals surface area contributed by atoms with Crippen molar-refractivity contribution in [2.24, 2.45) is 0 Å². The summed E-state index contributed by atoms with van der Waals surface area (Å²) in [6.45, 7) is 0. The second-order valence-corrected chi connectivity index (χ2v) is 5.10. The molecule has 0 aliphatic carbocycles. The molecule has 0 aliphatic rings. The van der Waals surface area contributed by atoms with Gasteiger partial charge in [0.2, 0.25) is 0 Å². The van der Waals surface area contributed by atoms with Gasteiger partial charge in [-0.05, 0) is 17.7 Å². The Morgan fingerprint density at radius 2 is 1.68 bits per heavy atom. The predicted molar refractivity (Wildman–Crippen MR) is 87.1 cm³/mol. The van der Waals surface area contributed by atoms with E-state index in [0.29, 0.717) is 5.02 Å². The van der Waals surface area contributed by atoms with Crippen LogP contribution in [0.2, 0.25) is 5.02 Å². The fourth-order valence-corrected chi connectivity index (χ4v) is 2.41. The molecule has 2 rings (SSSR count). The minimum absolute atomic E-state index is 0.418. The number of para-hydroxylation sites is 1. The predicted octanol–water partition coefficient (Wildman–Crippen LogP) is 3.68. The first-order chi connectivity index (χ1) is 10.7. The van der Waals surface area contributed by atoms with Crippen molar-refractivity contribution in [2.75, 3.05) is 19.5 Å². The van der Waals surface area contributed by atoms with Gasteiger partial charge >= 0.3 is 5.97 Å². The topological polar surface area (TPSA) is 47.6 Å². The van der Waals surface area contributed by atoms with Crippen molar-refractivity contribution in [1.29, 1.82) is 0 Å². The van der Waals surface area contributed by atoms with Crippen LogP contribution < -0.4 is 5.32 Å². The molecule has 0 amide bonds. The Labute approximate surface area is 135 Å². The summed E-state index contributed by atoms with van der Waals surface area (Å²) in [6.07, 6.45) is -0.788. The smallest absolute Gasteiger partial charge is 0.337 e. The van der Waals surface area contributed by atoms with Gasteiger partial charge in [0.15, 0.2) is 6.10 Å². The van der Waals surface area contributed by atoms with Gasteiger partial charge in [-0.2, -0.15) is 0 Å². The van der Waals surface area contributed by atoms with Gasteiger partial charge in [-0.25, -0.2) is 4.79 Å². The summed E-state index contributed by atoms with van der Waals surface area (Å²) in [7, 11) is 2.82. The zero-order chi connectivity index (χ0) is 15.9. The van der Waals surface area contributed by atoms with Crippen molar-refractivity contribution in [1.82, 2.24) is 0 Å². The number of ether oxygens (including phenoxy) is 2. The van der Waals surface area contributed by atoms with Gasteiger partial charge in [0.25, 0.3) is 0 Å². The highest BCUT2D eigenvalue weighted by molar-refractivity contribution is 6.33. The number of carbonyl (C=O) groups is 1. The summed E-state index contributed by atoms with van der Waals surface area (Å²) in [5.74, 6) is -0.448. The summed E-state index contributed by atoms with van der Waals surface area (Å²) in [6, 6.07) is 16.5. The van der Waals surface area contributed by atoms with Crippen molar-refractivity contribution in [3.8, 4) is 0 Å². The highest BCUT2D eigenvalue weighted by atomic mass is 35.5. The van der Waals surface area contributed by atoms with E-state index < -0.39 is 18.1 Å². The fourth-order valence-electron chi connectivity index (χ4n) is 2.22. The number of carbonyl (C=O) groups excluding carboxylic acids is 1. The van der Waals surface area contributed by atoms with Crippen molar-refractivity contribution < 1.29 is 14.3 Å². The maximum absolute atomic E-state index is 12.0. The number of benzene rings is 2. The molecule has 0 heterocycles. The van der Waals surface area contributed by atoms with E-state index in [0.717, 1.165) is 11.3 Å². The zero-order valence-corrected chi connectivity index (χ0v) is 13.2. The molecule has 5 heteroatoms. The summed E-state index contributed by atoms with van der Waals surface area (Å²) >= 11 is 6.20. The molecule has 0 fully saturated rings. The number of halogens is 1. The molecule has 0 spiro atoms. The molecule has 2 aromatic carbocycles. The molecule has 0 radical (unpaired) electrons. The van der Waals surface area contributed by atoms with Gasteiger partial charge in [0.05, 0.1) is 23.9 Å².